The van der Waals surface area contributed by atoms with Crippen LogP contribution in [-0.2, 0) is 25.7 Å². The van der Waals surface area contributed by atoms with Crippen LogP contribution >= 0.6 is 256 Å². The second-order valence-electron chi connectivity index (χ2n) is 13.2. The van der Waals surface area contributed by atoms with E-state index in [1.807, 2.05) is 0 Å². The fourth-order valence-corrected chi connectivity index (χ4v) is 16.1. The summed E-state index contributed by atoms with van der Waals surface area (Å²) in [5.41, 5.74) is 4.45. The van der Waals surface area contributed by atoms with Gasteiger partial charge in [-0.25, -0.2) is 15.7 Å². The number of carbonyl (C=O) groups excluding carboxylic acids is 8. The van der Waals surface area contributed by atoms with Gasteiger partial charge in [-0.1, -0.05) is 0 Å². The van der Waals surface area contributed by atoms with Gasteiger partial charge in [0.25, 0.3) is 47.3 Å². The van der Waals surface area contributed by atoms with Crippen LogP contribution in [0.2, 0.25) is 0 Å². The highest BCUT2D eigenvalue weighted by Gasteiger charge is 2.45. The lowest BCUT2D eigenvalue weighted by Crippen LogP contribution is -2.18. The number of hydrogen-bond donors (Lipinski definition) is 0. The van der Waals surface area contributed by atoms with Crippen LogP contribution in [0, 0.1) is 0 Å². The fraction of sp³-hybridized carbons (Fsp3) is 0.111. The van der Waals surface area contributed by atoms with Crippen molar-refractivity contribution in [2.45, 2.75) is 25.7 Å². The van der Waals surface area contributed by atoms with Gasteiger partial charge in [0.1, 0.15) is 0 Å². The van der Waals surface area contributed by atoms with E-state index in [9.17, 15) is 38.4 Å². The lowest BCUT2D eigenvalue weighted by Gasteiger charge is -2.16. The van der Waals surface area contributed by atoms with Crippen molar-refractivity contribution in [1.82, 2.24) is 15.7 Å². The topological polar surface area (TPSA) is 150 Å². The lowest BCUT2D eigenvalue weighted by molar-refractivity contribution is 0.0768. The number of halogens is 16. The number of amides is 8. The zero-order valence-electron chi connectivity index (χ0n) is 29.9. The molecule has 0 radical (unpaired) electrons. The van der Waals surface area contributed by atoms with Crippen LogP contribution in [0.15, 0.2) is 53.7 Å². The molecule has 8 amide bonds. The van der Waals surface area contributed by atoms with E-state index in [0.29, 0.717) is 102 Å². The molecule has 0 bridgehead atoms. The highest BCUT2D eigenvalue weighted by molar-refractivity contribution is 9.16. The summed E-state index contributed by atoms with van der Waals surface area (Å²) in [6, 6.07) is 0. The van der Waals surface area contributed by atoms with E-state index in [2.05, 4.69) is 256 Å². The van der Waals surface area contributed by atoms with E-state index in [0.717, 1.165) is 15.7 Å². The minimum absolute atomic E-state index is 0.246. The van der Waals surface area contributed by atoms with Gasteiger partial charge in [-0.3, -0.25) is 38.4 Å². The second kappa shape index (κ2) is 20.0. The van der Waals surface area contributed by atoms with E-state index >= 15 is 0 Å². The Kier molecular flexibility index (Phi) is 16.5. The third-order valence-corrected chi connectivity index (χ3v) is 26.8. The Bertz CT molecular complexity index is 2620. The summed E-state index contributed by atoms with van der Waals surface area (Å²) in [6.45, 7) is 0. The number of rotatable bonds is 6. The van der Waals surface area contributed by atoms with Gasteiger partial charge in [0.05, 0.1) is 109 Å². The Balaban J connectivity index is 0.000000191. The molecule has 12 nitrogen and oxygen atoms in total. The molecule has 4 aliphatic heterocycles. The van der Waals surface area contributed by atoms with Gasteiger partial charge in [0.15, 0.2) is 0 Å². The standard InChI is InChI=1S/2C18H4Br8N2O4/c2*19-9-3(5-7(11(21)13(9)23)17(31)27(25)15(5)29)1-2-4-6-8(12(22)14(24)10(4)20)18(32)28(26)16(6)30/h2*1-2H2. The number of carbonyl (C=O) groups is 8. The number of imide groups is 4. The summed E-state index contributed by atoms with van der Waals surface area (Å²) in [7, 11) is 0. The van der Waals surface area contributed by atoms with Gasteiger partial charge in [-0.15, -0.1) is 0 Å². The van der Waals surface area contributed by atoms with Crippen LogP contribution in [0.5, 0.6) is 0 Å². The average Bonchev–Trinajstić information content (AvgIpc) is 3.82. The Morgan fingerprint density at radius 3 is 0.516 bits per heavy atom. The van der Waals surface area contributed by atoms with Crippen LogP contribution in [0.25, 0.3) is 0 Å². The summed E-state index contributed by atoms with van der Waals surface area (Å²) in [4.78, 5) is 102. The molecule has 0 N–H and O–H groups in total. The average molecular weight is 1900 g/mol. The van der Waals surface area contributed by atoms with Crippen molar-refractivity contribution in [2.75, 3.05) is 0 Å². The Hall–Kier alpha value is 1.12. The van der Waals surface area contributed by atoms with Gasteiger partial charge in [0, 0.05) is 53.7 Å². The predicted molar refractivity (Wildman–Crippen MR) is 291 cm³/mol. The quantitative estimate of drug-likeness (QED) is 0.105. The second-order valence-corrected chi connectivity index (χ2v) is 25.6. The van der Waals surface area contributed by atoms with Crippen LogP contribution in [0.1, 0.15) is 105 Å². The molecule has 28 heteroatoms. The Morgan fingerprint density at radius 2 is 0.359 bits per heavy atom. The van der Waals surface area contributed by atoms with Gasteiger partial charge < -0.3 is 0 Å². The van der Waals surface area contributed by atoms with E-state index in [1.165, 1.54) is 0 Å². The number of benzene rings is 4. The molecule has 0 saturated heterocycles. The maximum Gasteiger partial charge on any atom is 0.272 e. The monoisotopic (exact) mass is 1890 g/mol. The maximum absolute atomic E-state index is 12.8. The van der Waals surface area contributed by atoms with Crippen molar-refractivity contribution in [2.24, 2.45) is 0 Å². The third kappa shape index (κ3) is 8.32. The molecular weight excluding hydrogens is 1890 g/mol. The third-order valence-electron chi connectivity index (χ3n) is 10.1. The van der Waals surface area contributed by atoms with E-state index in [-0.39, 0.29) is 44.5 Å². The molecule has 4 aliphatic rings. The molecule has 8 rings (SSSR count). The van der Waals surface area contributed by atoms with Crippen molar-refractivity contribution >= 4 is 303 Å². The molecule has 0 unspecified atom stereocenters. The minimum atomic E-state index is -0.479. The number of fused-ring (bicyclic) bond motifs is 4. The molecular formula is C36H8Br16N4O8. The first-order valence-electron chi connectivity index (χ1n) is 16.8. The number of hydrogen-bond acceptors (Lipinski definition) is 8. The normalized spacial score (nSPS) is 15.2. The summed E-state index contributed by atoms with van der Waals surface area (Å²) < 4.78 is 10.2. The van der Waals surface area contributed by atoms with Gasteiger partial charge in [-0.05, 0) is 239 Å². The molecule has 0 saturated carbocycles. The summed E-state index contributed by atoms with van der Waals surface area (Å²) >= 11 is 53.6. The smallest absolute Gasteiger partial charge is 0.268 e. The molecule has 4 aromatic carbocycles. The van der Waals surface area contributed by atoms with Crippen LogP contribution < -0.4 is 0 Å². The lowest BCUT2D eigenvalue weighted by atomic mass is 9.93. The highest BCUT2D eigenvalue weighted by atomic mass is 79.9. The molecule has 4 heterocycles. The summed E-state index contributed by atoms with van der Waals surface area (Å²) in [5, 5.41) is 0. The Labute approximate surface area is 495 Å². The molecule has 0 spiro atoms. The van der Waals surface area contributed by atoms with Crippen molar-refractivity contribution in [1.29, 1.82) is 0 Å². The van der Waals surface area contributed by atoms with Crippen molar-refractivity contribution in [3.63, 3.8) is 0 Å². The van der Waals surface area contributed by atoms with E-state index in [4.69, 9.17) is 0 Å². The maximum atomic E-state index is 12.8. The zero-order valence-corrected chi connectivity index (χ0v) is 55.3. The molecule has 64 heavy (non-hydrogen) atoms. The number of nitrogens with zero attached hydrogens (tertiary/aromatic N) is 4. The van der Waals surface area contributed by atoms with E-state index < -0.39 is 47.3 Å². The van der Waals surface area contributed by atoms with Crippen molar-refractivity contribution in [3.05, 3.63) is 120 Å². The first-order chi connectivity index (χ1) is 29.8. The van der Waals surface area contributed by atoms with E-state index in [1.54, 1.807) is 0 Å². The van der Waals surface area contributed by atoms with Gasteiger partial charge >= 0.3 is 0 Å². The van der Waals surface area contributed by atoms with Crippen LogP contribution in [0.4, 0.5) is 0 Å². The Morgan fingerprint density at radius 1 is 0.219 bits per heavy atom. The van der Waals surface area contributed by atoms with Gasteiger partial charge in [0.2, 0.25) is 0 Å². The fourth-order valence-electron chi connectivity index (χ4n) is 7.18. The zero-order chi connectivity index (χ0) is 47.6. The first kappa shape index (κ1) is 52.9. The van der Waals surface area contributed by atoms with Crippen molar-refractivity contribution in [3.8, 4) is 0 Å². The molecule has 0 aromatic heterocycles. The first-order valence-corrected chi connectivity index (χ1v) is 29.1. The molecule has 332 valence electrons. The minimum Gasteiger partial charge on any atom is -0.268 e. The van der Waals surface area contributed by atoms with Crippen molar-refractivity contribution < 1.29 is 38.4 Å². The summed E-state index contributed by atoms with van der Waals surface area (Å²) in [5.74, 6) is -3.82. The molecule has 0 fully saturated rings. The summed E-state index contributed by atoms with van der Waals surface area (Å²) in [6.07, 6.45) is 1.21. The van der Waals surface area contributed by atoms with Crippen LogP contribution in [-0.4, -0.2) is 63.0 Å². The SMILES string of the molecule is O=C1c2c(Br)c(Br)c(Br)c(CCc3c(Br)c(Br)c(Br)c4c3C(=O)N(Br)C4=O)c2C(=O)N1Br.O=C1c2c(Br)c(Br)c(Br)c(CCc3c(Br)c(Br)c(Br)c4c3C(=O)N(Br)C4=O)c2C(=O)N1Br. The predicted octanol–water partition coefficient (Wildman–Crippen LogP) is 15.7. The molecule has 0 aliphatic carbocycles. The van der Waals surface area contributed by atoms with Gasteiger partial charge in [-0.2, -0.15) is 0 Å². The van der Waals surface area contributed by atoms with Crippen LogP contribution in [0.3, 0.4) is 0 Å². The molecule has 0 atom stereocenters. The molecule has 4 aromatic rings. The largest absolute Gasteiger partial charge is 0.272 e. The highest BCUT2D eigenvalue weighted by Crippen LogP contribution is 2.49.